The zero-order valence-electron chi connectivity index (χ0n) is 16.4. The summed E-state index contributed by atoms with van der Waals surface area (Å²) >= 11 is 1.37. The molecule has 154 valence electrons. The normalized spacial score (nSPS) is 15.6. The van der Waals surface area contributed by atoms with E-state index in [0.29, 0.717) is 10.9 Å². The third-order valence-corrected chi connectivity index (χ3v) is 6.33. The first-order valence-electron chi connectivity index (χ1n) is 9.38. The van der Waals surface area contributed by atoms with Crippen LogP contribution in [0.4, 0.5) is 14.6 Å². The van der Waals surface area contributed by atoms with Gasteiger partial charge in [0.25, 0.3) is 5.56 Å². The Bertz CT molecular complexity index is 1210. The molecule has 0 saturated carbocycles. The quantitative estimate of drug-likeness (QED) is 0.502. The molecule has 0 unspecified atom stereocenters. The number of carbonyl (C=O) groups is 1. The van der Waals surface area contributed by atoms with E-state index in [1.807, 2.05) is 31.2 Å². The van der Waals surface area contributed by atoms with Gasteiger partial charge in [0.1, 0.15) is 17.5 Å². The Balaban J connectivity index is 1.76. The summed E-state index contributed by atoms with van der Waals surface area (Å²) in [6.07, 6.45) is -0.153. The van der Waals surface area contributed by atoms with Gasteiger partial charge in [-0.25, -0.2) is 8.78 Å². The van der Waals surface area contributed by atoms with Crippen molar-refractivity contribution in [3.63, 3.8) is 0 Å². The lowest BCUT2D eigenvalue weighted by atomic mass is 9.86. The number of benzene rings is 2. The first kappa shape index (κ1) is 20.3. The SMILES string of the molecule is Cc1ccccc1CSc1nc(=O)c2c(n1C)NC(=O)C[C@@H]2c1cc(F)ccc1F. The average molecular weight is 427 g/mol. The van der Waals surface area contributed by atoms with Crippen LogP contribution in [0.5, 0.6) is 0 Å². The van der Waals surface area contributed by atoms with Crippen LogP contribution in [-0.4, -0.2) is 15.5 Å². The maximum atomic E-state index is 14.4. The number of amides is 1. The van der Waals surface area contributed by atoms with Gasteiger partial charge >= 0.3 is 0 Å². The van der Waals surface area contributed by atoms with E-state index in [2.05, 4.69) is 10.3 Å². The van der Waals surface area contributed by atoms with Crippen molar-refractivity contribution in [3.05, 3.63) is 86.7 Å². The largest absolute Gasteiger partial charge is 0.312 e. The van der Waals surface area contributed by atoms with E-state index in [-0.39, 0.29) is 29.3 Å². The van der Waals surface area contributed by atoms with Gasteiger partial charge in [-0.2, -0.15) is 4.98 Å². The molecule has 0 aliphatic carbocycles. The van der Waals surface area contributed by atoms with Crippen LogP contribution in [0.3, 0.4) is 0 Å². The first-order valence-corrected chi connectivity index (χ1v) is 10.4. The van der Waals surface area contributed by atoms with E-state index in [0.717, 1.165) is 29.3 Å². The molecule has 5 nitrogen and oxygen atoms in total. The number of carbonyl (C=O) groups excluding carboxylic acids is 1. The maximum absolute atomic E-state index is 14.4. The van der Waals surface area contributed by atoms with E-state index >= 15 is 0 Å². The molecule has 1 amide bonds. The molecular weight excluding hydrogens is 408 g/mol. The number of hydrogen-bond acceptors (Lipinski definition) is 4. The topological polar surface area (TPSA) is 64.0 Å². The number of hydrogen-bond donors (Lipinski definition) is 1. The second kappa shape index (κ2) is 8.02. The number of nitrogens with zero attached hydrogens (tertiary/aromatic N) is 2. The van der Waals surface area contributed by atoms with Crippen LogP contribution in [0.15, 0.2) is 52.4 Å². The third kappa shape index (κ3) is 3.75. The lowest BCUT2D eigenvalue weighted by Gasteiger charge is -2.27. The van der Waals surface area contributed by atoms with E-state index in [4.69, 9.17) is 0 Å². The Morgan fingerprint density at radius 1 is 1.20 bits per heavy atom. The Labute approximate surface area is 176 Å². The molecule has 1 aromatic heterocycles. The molecule has 8 heteroatoms. The van der Waals surface area contributed by atoms with Crippen LogP contribution in [0.2, 0.25) is 0 Å². The first-order chi connectivity index (χ1) is 14.3. The van der Waals surface area contributed by atoms with E-state index in [1.165, 1.54) is 11.8 Å². The van der Waals surface area contributed by atoms with Gasteiger partial charge in [0.05, 0.1) is 5.56 Å². The van der Waals surface area contributed by atoms with Crippen molar-refractivity contribution in [3.8, 4) is 0 Å². The number of nitrogens with one attached hydrogen (secondary N) is 1. The Hall–Kier alpha value is -3.00. The molecule has 0 fully saturated rings. The van der Waals surface area contributed by atoms with Crippen LogP contribution in [0.1, 0.15) is 34.6 Å². The van der Waals surface area contributed by atoms with E-state index in [1.54, 1.807) is 11.6 Å². The summed E-state index contributed by atoms with van der Waals surface area (Å²) in [5, 5.41) is 3.14. The third-order valence-electron chi connectivity index (χ3n) is 5.25. The highest BCUT2D eigenvalue weighted by atomic mass is 32.2. The zero-order valence-corrected chi connectivity index (χ0v) is 17.2. The summed E-state index contributed by atoms with van der Waals surface area (Å²) in [5.41, 5.74) is 1.83. The van der Waals surface area contributed by atoms with Crippen molar-refractivity contribution in [2.75, 3.05) is 5.32 Å². The molecule has 2 aromatic carbocycles. The smallest absolute Gasteiger partial charge is 0.279 e. The fourth-order valence-corrected chi connectivity index (χ4v) is 4.67. The van der Waals surface area contributed by atoms with Gasteiger partial charge in [-0.3, -0.25) is 9.59 Å². The van der Waals surface area contributed by atoms with Crippen molar-refractivity contribution in [2.24, 2.45) is 7.05 Å². The summed E-state index contributed by atoms with van der Waals surface area (Å²) in [6, 6.07) is 10.9. The second-order valence-electron chi connectivity index (χ2n) is 7.21. The summed E-state index contributed by atoms with van der Waals surface area (Å²) in [6.45, 7) is 2.01. The molecule has 0 spiro atoms. The molecule has 1 N–H and O–H groups in total. The molecule has 4 rings (SSSR count). The summed E-state index contributed by atoms with van der Waals surface area (Å²) in [5.74, 6) is -1.69. The monoisotopic (exact) mass is 427 g/mol. The van der Waals surface area contributed by atoms with Gasteiger partial charge in [-0.05, 0) is 41.8 Å². The molecule has 2 heterocycles. The van der Waals surface area contributed by atoms with Crippen molar-refractivity contribution in [1.82, 2.24) is 9.55 Å². The highest BCUT2D eigenvalue weighted by molar-refractivity contribution is 7.98. The Morgan fingerprint density at radius 3 is 2.73 bits per heavy atom. The van der Waals surface area contributed by atoms with Crippen molar-refractivity contribution < 1.29 is 13.6 Å². The standard InChI is InChI=1S/C22H19F2N3O2S/c1-12-5-3-4-6-13(12)11-30-22-26-21(29)19-16(10-18(28)25-20(19)27(22)2)15-9-14(23)7-8-17(15)24/h3-9,16H,10-11H2,1-2H3,(H,25,28)/t16-/m1/s1. The van der Waals surface area contributed by atoms with Gasteiger partial charge in [0.15, 0.2) is 5.16 Å². The number of thioether (sulfide) groups is 1. The van der Waals surface area contributed by atoms with E-state index < -0.39 is 23.1 Å². The summed E-state index contributed by atoms with van der Waals surface area (Å²) in [4.78, 5) is 29.4. The molecule has 0 bridgehead atoms. The number of aryl methyl sites for hydroxylation is 1. The maximum Gasteiger partial charge on any atom is 0.279 e. The summed E-state index contributed by atoms with van der Waals surface area (Å²) in [7, 11) is 1.69. The number of fused-ring (bicyclic) bond motifs is 1. The molecular formula is C22H19F2N3O2S. The molecule has 0 radical (unpaired) electrons. The van der Waals surface area contributed by atoms with Gasteiger partial charge in [0, 0.05) is 25.1 Å². The number of anilines is 1. The minimum Gasteiger partial charge on any atom is -0.312 e. The van der Waals surface area contributed by atoms with Crippen molar-refractivity contribution >= 4 is 23.5 Å². The van der Waals surface area contributed by atoms with Crippen molar-refractivity contribution in [1.29, 1.82) is 0 Å². The van der Waals surface area contributed by atoms with Crippen LogP contribution in [0, 0.1) is 18.6 Å². The predicted octanol–water partition coefficient (Wildman–Crippen LogP) is 4.13. The second-order valence-corrected chi connectivity index (χ2v) is 8.15. The number of rotatable bonds is 4. The minimum absolute atomic E-state index is 0.0229. The van der Waals surface area contributed by atoms with Crippen LogP contribution >= 0.6 is 11.8 Å². The van der Waals surface area contributed by atoms with Gasteiger partial charge in [-0.1, -0.05) is 36.0 Å². The van der Waals surface area contributed by atoms with Gasteiger partial charge < -0.3 is 9.88 Å². The molecule has 1 atom stereocenters. The fourth-order valence-electron chi connectivity index (χ4n) is 3.63. The molecule has 1 aliphatic rings. The zero-order chi connectivity index (χ0) is 21.4. The van der Waals surface area contributed by atoms with Crippen LogP contribution < -0.4 is 10.9 Å². The van der Waals surface area contributed by atoms with Gasteiger partial charge in [-0.15, -0.1) is 0 Å². The minimum atomic E-state index is -0.897. The van der Waals surface area contributed by atoms with Gasteiger partial charge in [0.2, 0.25) is 5.91 Å². The summed E-state index contributed by atoms with van der Waals surface area (Å²) < 4.78 is 29.8. The lowest BCUT2D eigenvalue weighted by molar-refractivity contribution is -0.116. The number of halogens is 2. The van der Waals surface area contributed by atoms with Crippen LogP contribution in [-0.2, 0) is 17.6 Å². The highest BCUT2D eigenvalue weighted by Gasteiger charge is 2.33. The number of aromatic nitrogens is 2. The average Bonchev–Trinajstić information content (AvgIpc) is 2.71. The molecule has 30 heavy (non-hydrogen) atoms. The Morgan fingerprint density at radius 2 is 1.97 bits per heavy atom. The lowest BCUT2D eigenvalue weighted by Crippen LogP contribution is -2.33. The predicted molar refractivity (Wildman–Crippen MR) is 112 cm³/mol. The molecule has 1 aliphatic heterocycles. The Kier molecular flexibility index (Phi) is 5.42. The highest BCUT2D eigenvalue weighted by Crippen LogP contribution is 2.37. The molecule has 0 saturated heterocycles. The molecule has 3 aromatic rings. The van der Waals surface area contributed by atoms with E-state index in [9.17, 15) is 18.4 Å². The fraction of sp³-hybridized carbons (Fsp3) is 0.227. The van der Waals surface area contributed by atoms with Crippen LogP contribution in [0.25, 0.3) is 0 Å². The van der Waals surface area contributed by atoms with Crippen molar-refractivity contribution in [2.45, 2.75) is 30.2 Å².